The summed E-state index contributed by atoms with van der Waals surface area (Å²) >= 11 is 0. The maximum Gasteiger partial charge on any atom is 0.293 e. The molecule has 1 aromatic carbocycles. The van der Waals surface area contributed by atoms with Gasteiger partial charge in [0.25, 0.3) is 11.6 Å². The Bertz CT molecular complexity index is 530. The van der Waals surface area contributed by atoms with E-state index in [2.05, 4.69) is 10.6 Å². The maximum atomic E-state index is 11.7. The number of nitrogens with one attached hydrogen (secondary N) is 2. The molecule has 8 heteroatoms. The van der Waals surface area contributed by atoms with Crippen LogP contribution in [0.4, 0.5) is 11.4 Å². The lowest BCUT2D eigenvalue weighted by Gasteiger charge is -2.08. The van der Waals surface area contributed by atoms with Gasteiger partial charge in [-0.3, -0.25) is 19.7 Å². The largest absolute Gasteiger partial charge is 0.380 e. The Morgan fingerprint density at radius 2 is 2.10 bits per heavy atom. The number of anilines is 1. The Kier molecular flexibility index (Phi) is 5.45. The van der Waals surface area contributed by atoms with E-state index in [9.17, 15) is 19.7 Å². The third-order valence-electron chi connectivity index (χ3n) is 2.45. The van der Waals surface area contributed by atoms with Crippen molar-refractivity contribution in [3.63, 3.8) is 0 Å². The SMILES string of the molecule is CCCNc1ccc(C(=O)NCC(N)=O)cc1[N+](=O)[O-]. The zero-order valence-corrected chi connectivity index (χ0v) is 11.0. The van der Waals surface area contributed by atoms with Crippen molar-refractivity contribution in [1.29, 1.82) is 0 Å². The molecule has 0 saturated carbocycles. The van der Waals surface area contributed by atoms with Crippen LogP contribution in [0, 0.1) is 10.1 Å². The number of amides is 2. The molecule has 0 aliphatic carbocycles. The highest BCUT2D eigenvalue weighted by atomic mass is 16.6. The van der Waals surface area contributed by atoms with Crippen molar-refractivity contribution in [2.75, 3.05) is 18.4 Å². The quantitative estimate of drug-likeness (QED) is 0.498. The molecule has 0 aromatic heterocycles. The van der Waals surface area contributed by atoms with Crippen LogP contribution in [0.1, 0.15) is 23.7 Å². The van der Waals surface area contributed by atoms with Gasteiger partial charge in [-0.15, -0.1) is 0 Å². The second kappa shape index (κ2) is 7.07. The fourth-order valence-corrected chi connectivity index (χ4v) is 1.50. The number of carbonyl (C=O) groups is 2. The van der Waals surface area contributed by atoms with E-state index in [1.54, 1.807) is 0 Å². The molecule has 0 aliphatic heterocycles. The van der Waals surface area contributed by atoms with Crippen LogP contribution in [0.2, 0.25) is 0 Å². The first kappa shape index (κ1) is 15.4. The second-order valence-corrected chi connectivity index (χ2v) is 4.06. The molecule has 0 fully saturated rings. The summed E-state index contributed by atoms with van der Waals surface area (Å²) in [6, 6.07) is 4.07. The highest BCUT2D eigenvalue weighted by Crippen LogP contribution is 2.25. The third kappa shape index (κ3) is 4.23. The number of benzene rings is 1. The lowest BCUT2D eigenvalue weighted by molar-refractivity contribution is -0.384. The lowest BCUT2D eigenvalue weighted by atomic mass is 10.1. The van der Waals surface area contributed by atoms with Gasteiger partial charge < -0.3 is 16.4 Å². The Labute approximate surface area is 115 Å². The molecule has 108 valence electrons. The predicted molar refractivity (Wildman–Crippen MR) is 73.4 cm³/mol. The van der Waals surface area contributed by atoms with Gasteiger partial charge in [-0.25, -0.2) is 0 Å². The van der Waals surface area contributed by atoms with Crippen molar-refractivity contribution in [2.45, 2.75) is 13.3 Å². The fourth-order valence-electron chi connectivity index (χ4n) is 1.50. The van der Waals surface area contributed by atoms with Crippen molar-refractivity contribution in [3.8, 4) is 0 Å². The highest BCUT2D eigenvalue weighted by molar-refractivity contribution is 5.97. The predicted octanol–water partition coefficient (Wildman–Crippen LogP) is 0.632. The standard InChI is InChI=1S/C12H16N4O4/c1-2-5-14-9-4-3-8(6-10(9)16(19)20)12(18)15-7-11(13)17/h3-4,6,14H,2,5,7H2,1H3,(H2,13,17)(H,15,18). The molecule has 2 amide bonds. The lowest BCUT2D eigenvalue weighted by Crippen LogP contribution is -2.33. The normalized spacial score (nSPS) is 9.85. The molecule has 0 atom stereocenters. The van der Waals surface area contributed by atoms with Gasteiger partial charge >= 0.3 is 0 Å². The molecule has 0 radical (unpaired) electrons. The monoisotopic (exact) mass is 280 g/mol. The van der Waals surface area contributed by atoms with Crippen LogP contribution >= 0.6 is 0 Å². The third-order valence-corrected chi connectivity index (χ3v) is 2.45. The van der Waals surface area contributed by atoms with Crippen LogP contribution in [0.25, 0.3) is 0 Å². The van der Waals surface area contributed by atoms with Gasteiger partial charge in [0.1, 0.15) is 5.69 Å². The van der Waals surface area contributed by atoms with Gasteiger partial charge in [0, 0.05) is 18.2 Å². The number of nitro benzene ring substituents is 1. The van der Waals surface area contributed by atoms with Crippen molar-refractivity contribution in [1.82, 2.24) is 5.32 Å². The number of rotatable bonds is 7. The van der Waals surface area contributed by atoms with E-state index in [0.717, 1.165) is 12.5 Å². The van der Waals surface area contributed by atoms with Crippen LogP contribution in [0.5, 0.6) is 0 Å². The molecule has 1 aromatic rings. The first-order valence-electron chi connectivity index (χ1n) is 6.04. The summed E-state index contributed by atoms with van der Waals surface area (Å²) in [5, 5.41) is 16.2. The molecule has 0 saturated heterocycles. The zero-order chi connectivity index (χ0) is 15.1. The summed E-state index contributed by atoms with van der Waals surface area (Å²) in [5.41, 5.74) is 5.16. The molecule has 8 nitrogen and oxygen atoms in total. The topological polar surface area (TPSA) is 127 Å². The minimum atomic E-state index is -0.686. The molecule has 0 bridgehead atoms. The van der Waals surface area contributed by atoms with Gasteiger partial charge in [-0.05, 0) is 18.6 Å². The van der Waals surface area contributed by atoms with Gasteiger partial charge in [-0.1, -0.05) is 6.92 Å². The number of carbonyl (C=O) groups excluding carboxylic acids is 2. The Morgan fingerprint density at radius 3 is 2.65 bits per heavy atom. The molecule has 0 unspecified atom stereocenters. The van der Waals surface area contributed by atoms with Crippen molar-refractivity contribution >= 4 is 23.2 Å². The number of hydrogen-bond acceptors (Lipinski definition) is 5. The Morgan fingerprint density at radius 1 is 1.40 bits per heavy atom. The average Bonchev–Trinajstić information content (AvgIpc) is 2.42. The summed E-state index contributed by atoms with van der Waals surface area (Å²) in [4.78, 5) is 32.7. The van der Waals surface area contributed by atoms with Gasteiger partial charge in [0.2, 0.25) is 5.91 Å². The minimum Gasteiger partial charge on any atom is -0.380 e. The highest BCUT2D eigenvalue weighted by Gasteiger charge is 2.17. The van der Waals surface area contributed by atoms with Gasteiger partial charge in [0.05, 0.1) is 11.5 Å². The number of nitrogens with two attached hydrogens (primary N) is 1. The summed E-state index contributed by atoms with van der Waals surface area (Å²) in [6.07, 6.45) is 0.817. The Hall–Kier alpha value is -2.64. The summed E-state index contributed by atoms with van der Waals surface area (Å²) < 4.78 is 0. The molecule has 0 spiro atoms. The van der Waals surface area contributed by atoms with E-state index in [4.69, 9.17) is 5.73 Å². The smallest absolute Gasteiger partial charge is 0.293 e. The van der Waals surface area contributed by atoms with Crippen LogP contribution in [-0.2, 0) is 4.79 Å². The van der Waals surface area contributed by atoms with Crippen molar-refractivity contribution < 1.29 is 14.5 Å². The minimum absolute atomic E-state index is 0.0972. The molecular weight excluding hydrogens is 264 g/mol. The Balaban J connectivity index is 2.94. The van der Waals surface area contributed by atoms with E-state index in [-0.39, 0.29) is 17.8 Å². The van der Waals surface area contributed by atoms with Crippen molar-refractivity contribution in [2.24, 2.45) is 5.73 Å². The van der Waals surface area contributed by atoms with Gasteiger partial charge in [0.15, 0.2) is 0 Å². The molecule has 4 N–H and O–H groups in total. The zero-order valence-electron chi connectivity index (χ0n) is 11.0. The van der Waals surface area contributed by atoms with E-state index < -0.39 is 16.7 Å². The van der Waals surface area contributed by atoms with E-state index in [1.165, 1.54) is 12.1 Å². The van der Waals surface area contributed by atoms with Crippen LogP contribution in [-0.4, -0.2) is 29.8 Å². The average molecular weight is 280 g/mol. The maximum absolute atomic E-state index is 11.7. The molecule has 0 aliphatic rings. The van der Waals surface area contributed by atoms with E-state index in [1.807, 2.05) is 6.92 Å². The second-order valence-electron chi connectivity index (χ2n) is 4.06. The van der Waals surface area contributed by atoms with Crippen LogP contribution in [0.3, 0.4) is 0 Å². The summed E-state index contributed by atoms with van der Waals surface area (Å²) in [7, 11) is 0. The fraction of sp³-hybridized carbons (Fsp3) is 0.333. The van der Waals surface area contributed by atoms with Crippen molar-refractivity contribution in [3.05, 3.63) is 33.9 Å². The van der Waals surface area contributed by atoms with Gasteiger partial charge in [-0.2, -0.15) is 0 Å². The van der Waals surface area contributed by atoms with Crippen LogP contribution < -0.4 is 16.4 Å². The first-order valence-corrected chi connectivity index (χ1v) is 6.04. The van der Waals surface area contributed by atoms with E-state index in [0.29, 0.717) is 12.2 Å². The number of hydrogen-bond donors (Lipinski definition) is 3. The number of nitrogens with zero attached hydrogens (tertiary/aromatic N) is 1. The van der Waals surface area contributed by atoms with E-state index >= 15 is 0 Å². The number of nitro groups is 1. The summed E-state index contributed by atoms with van der Waals surface area (Å²) in [6.45, 7) is 2.21. The molecule has 1 rings (SSSR count). The summed E-state index contributed by atoms with van der Waals surface area (Å²) in [5.74, 6) is -1.27. The molecular formula is C12H16N4O4. The first-order chi connectivity index (χ1) is 9.45. The molecule has 20 heavy (non-hydrogen) atoms. The number of primary amides is 1. The molecule has 0 heterocycles. The van der Waals surface area contributed by atoms with Crippen LogP contribution in [0.15, 0.2) is 18.2 Å².